The summed E-state index contributed by atoms with van der Waals surface area (Å²) in [6.45, 7) is -3.41. The normalized spacial score (nSPS) is 11.6. The van der Waals surface area contributed by atoms with E-state index in [-0.39, 0.29) is 16.3 Å². The van der Waals surface area contributed by atoms with Crippen LogP contribution in [0.1, 0.15) is 0 Å². The first kappa shape index (κ1) is 18.8. The van der Waals surface area contributed by atoms with Crippen LogP contribution >= 0.6 is 0 Å². The minimum absolute atomic E-state index is 0.0673. The predicted molar refractivity (Wildman–Crippen MR) is 88.0 cm³/mol. The molecule has 1 N–H and O–H groups in total. The van der Waals surface area contributed by atoms with Crippen molar-refractivity contribution in [3.8, 4) is 5.75 Å². The topological polar surface area (TPSA) is 75.7 Å². The van der Waals surface area contributed by atoms with Gasteiger partial charge in [0.1, 0.15) is 5.75 Å². The van der Waals surface area contributed by atoms with E-state index >= 15 is 0 Å². The summed E-state index contributed by atoms with van der Waals surface area (Å²) in [7, 11) is -2.53. The van der Waals surface area contributed by atoms with E-state index in [0.717, 1.165) is 4.31 Å². The fraction of sp³-hybridized carbons (Fsp3) is 0.188. The molecule has 0 aliphatic carbocycles. The number of halogens is 2. The smallest absolute Gasteiger partial charge is 0.387 e. The van der Waals surface area contributed by atoms with Gasteiger partial charge in [-0.3, -0.25) is 4.79 Å². The Kier molecular flexibility index (Phi) is 6.05. The van der Waals surface area contributed by atoms with Gasteiger partial charge in [-0.2, -0.15) is 13.1 Å². The van der Waals surface area contributed by atoms with Crippen LogP contribution in [0.15, 0.2) is 59.5 Å². The number of anilines is 1. The van der Waals surface area contributed by atoms with E-state index in [1.807, 2.05) is 0 Å². The van der Waals surface area contributed by atoms with E-state index in [0.29, 0.717) is 0 Å². The van der Waals surface area contributed by atoms with E-state index in [1.54, 1.807) is 18.2 Å². The zero-order chi connectivity index (χ0) is 18.4. The van der Waals surface area contributed by atoms with Crippen LogP contribution in [0.2, 0.25) is 0 Å². The Labute approximate surface area is 144 Å². The third-order valence-electron chi connectivity index (χ3n) is 3.16. The third-order valence-corrected chi connectivity index (χ3v) is 4.98. The number of carbonyl (C=O) groups excluding carboxylic acids is 1. The van der Waals surface area contributed by atoms with Gasteiger partial charge in [-0.1, -0.05) is 24.3 Å². The molecule has 2 rings (SSSR count). The maximum atomic E-state index is 12.3. The number of nitrogens with zero attached hydrogens (tertiary/aromatic N) is 1. The molecule has 2 aromatic rings. The summed E-state index contributed by atoms with van der Waals surface area (Å²) in [5, 5.41) is 2.44. The van der Waals surface area contributed by atoms with Crippen molar-refractivity contribution in [3.63, 3.8) is 0 Å². The maximum Gasteiger partial charge on any atom is 0.387 e. The number of hydrogen-bond acceptors (Lipinski definition) is 4. The Balaban J connectivity index is 2.02. The molecule has 0 aromatic heterocycles. The quantitative estimate of drug-likeness (QED) is 0.813. The number of hydrogen-bond donors (Lipinski definition) is 1. The Morgan fingerprint density at radius 2 is 1.84 bits per heavy atom. The zero-order valence-corrected chi connectivity index (χ0v) is 14.0. The number of benzene rings is 2. The molecule has 0 saturated carbocycles. The van der Waals surface area contributed by atoms with Gasteiger partial charge in [0.05, 0.1) is 11.4 Å². The molecule has 0 aliphatic heterocycles. The SMILES string of the molecule is CN(CC(=O)Nc1cccc(OC(F)F)c1)S(=O)(=O)c1ccccc1. The van der Waals surface area contributed by atoms with Gasteiger partial charge in [0.15, 0.2) is 0 Å². The molecule has 0 fully saturated rings. The van der Waals surface area contributed by atoms with Crippen molar-refractivity contribution < 1.29 is 26.7 Å². The Morgan fingerprint density at radius 3 is 2.48 bits per heavy atom. The number of alkyl halides is 2. The molecule has 9 heteroatoms. The summed E-state index contributed by atoms with van der Waals surface area (Å²) < 4.78 is 54.2. The summed E-state index contributed by atoms with van der Waals surface area (Å²) >= 11 is 0. The summed E-state index contributed by atoms with van der Waals surface area (Å²) in [6, 6.07) is 13.1. The standard InChI is InChI=1S/C16H16F2N2O4S/c1-20(25(22,23)14-8-3-2-4-9-14)11-15(21)19-12-6-5-7-13(10-12)24-16(17)18/h2-10,16H,11H2,1H3,(H,19,21). The van der Waals surface area contributed by atoms with E-state index in [4.69, 9.17) is 0 Å². The van der Waals surface area contributed by atoms with E-state index in [2.05, 4.69) is 10.1 Å². The number of rotatable bonds is 7. The molecule has 0 atom stereocenters. The van der Waals surface area contributed by atoms with Gasteiger partial charge >= 0.3 is 6.61 Å². The Hall–Kier alpha value is -2.52. The molecule has 25 heavy (non-hydrogen) atoms. The minimum Gasteiger partial charge on any atom is -0.435 e. The van der Waals surface area contributed by atoms with Gasteiger partial charge in [-0.05, 0) is 24.3 Å². The predicted octanol–water partition coefficient (Wildman–Crippen LogP) is 2.55. The molecule has 6 nitrogen and oxygen atoms in total. The van der Waals surface area contributed by atoms with Crippen LogP contribution in [0, 0.1) is 0 Å². The van der Waals surface area contributed by atoms with Crippen molar-refractivity contribution in [1.29, 1.82) is 0 Å². The molecular formula is C16H16F2N2O4S. The number of sulfonamides is 1. The van der Waals surface area contributed by atoms with Crippen molar-refractivity contribution in [3.05, 3.63) is 54.6 Å². The third kappa shape index (κ3) is 5.23. The van der Waals surface area contributed by atoms with Crippen molar-refractivity contribution in [1.82, 2.24) is 4.31 Å². The fourth-order valence-corrected chi connectivity index (χ4v) is 3.16. The monoisotopic (exact) mass is 370 g/mol. The second-order valence-corrected chi connectivity index (χ2v) is 7.07. The molecule has 134 valence electrons. The number of ether oxygens (including phenoxy) is 1. The average Bonchev–Trinajstić information content (AvgIpc) is 2.55. The minimum atomic E-state index is -3.80. The molecule has 0 bridgehead atoms. The highest BCUT2D eigenvalue weighted by molar-refractivity contribution is 7.89. The lowest BCUT2D eigenvalue weighted by Crippen LogP contribution is -2.34. The second-order valence-electron chi connectivity index (χ2n) is 5.03. The highest BCUT2D eigenvalue weighted by atomic mass is 32.2. The lowest BCUT2D eigenvalue weighted by atomic mass is 10.3. The Bertz CT molecular complexity index is 829. The first-order valence-corrected chi connectivity index (χ1v) is 8.59. The number of carbonyl (C=O) groups is 1. The highest BCUT2D eigenvalue weighted by Gasteiger charge is 2.22. The first-order chi connectivity index (χ1) is 11.8. The number of nitrogens with one attached hydrogen (secondary N) is 1. The van der Waals surface area contributed by atoms with Crippen LogP contribution in [-0.4, -0.2) is 38.8 Å². The lowest BCUT2D eigenvalue weighted by Gasteiger charge is -2.17. The molecule has 2 aromatic carbocycles. The molecule has 0 heterocycles. The van der Waals surface area contributed by atoms with Crippen molar-refractivity contribution in [2.24, 2.45) is 0 Å². The van der Waals surface area contributed by atoms with Crippen LogP contribution < -0.4 is 10.1 Å². The van der Waals surface area contributed by atoms with Crippen LogP contribution in [0.4, 0.5) is 14.5 Å². The maximum absolute atomic E-state index is 12.3. The first-order valence-electron chi connectivity index (χ1n) is 7.15. The van der Waals surface area contributed by atoms with Gasteiger partial charge in [0.2, 0.25) is 15.9 Å². The molecule has 0 unspecified atom stereocenters. The summed E-state index contributed by atoms with van der Waals surface area (Å²) in [5.41, 5.74) is 0.216. The van der Waals surface area contributed by atoms with Crippen LogP contribution in [0.25, 0.3) is 0 Å². The molecule has 1 amide bonds. The van der Waals surface area contributed by atoms with Gasteiger partial charge in [0, 0.05) is 18.8 Å². The summed E-state index contributed by atoms with van der Waals surface area (Å²) in [5.74, 6) is -0.728. The number of amides is 1. The van der Waals surface area contributed by atoms with E-state index < -0.39 is 29.1 Å². The van der Waals surface area contributed by atoms with Crippen LogP contribution in [-0.2, 0) is 14.8 Å². The average molecular weight is 370 g/mol. The van der Waals surface area contributed by atoms with Crippen LogP contribution in [0.5, 0.6) is 5.75 Å². The van der Waals surface area contributed by atoms with Gasteiger partial charge in [-0.15, -0.1) is 0 Å². The van der Waals surface area contributed by atoms with Gasteiger partial charge < -0.3 is 10.1 Å². The molecular weight excluding hydrogens is 354 g/mol. The molecule has 0 spiro atoms. The van der Waals surface area contributed by atoms with Crippen molar-refractivity contribution in [2.75, 3.05) is 18.9 Å². The van der Waals surface area contributed by atoms with Crippen molar-refractivity contribution >= 4 is 21.6 Å². The van der Waals surface area contributed by atoms with E-state index in [9.17, 15) is 22.0 Å². The van der Waals surface area contributed by atoms with Crippen molar-refractivity contribution in [2.45, 2.75) is 11.5 Å². The molecule has 0 saturated heterocycles. The summed E-state index contributed by atoms with van der Waals surface area (Å²) in [6.07, 6.45) is 0. The van der Waals surface area contributed by atoms with E-state index in [1.165, 1.54) is 43.4 Å². The summed E-state index contributed by atoms with van der Waals surface area (Å²) in [4.78, 5) is 12.1. The highest BCUT2D eigenvalue weighted by Crippen LogP contribution is 2.19. The van der Waals surface area contributed by atoms with Gasteiger partial charge in [0.25, 0.3) is 0 Å². The largest absolute Gasteiger partial charge is 0.435 e. The van der Waals surface area contributed by atoms with Gasteiger partial charge in [-0.25, -0.2) is 8.42 Å². The zero-order valence-electron chi connectivity index (χ0n) is 13.2. The molecule has 0 aliphatic rings. The number of likely N-dealkylation sites (N-methyl/N-ethyl adjacent to an activating group) is 1. The lowest BCUT2D eigenvalue weighted by molar-refractivity contribution is -0.116. The second kappa shape index (κ2) is 8.04. The molecule has 0 radical (unpaired) electrons. The van der Waals surface area contributed by atoms with Crippen LogP contribution in [0.3, 0.4) is 0 Å². The fourth-order valence-electron chi connectivity index (χ4n) is 2.01. The Morgan fingerprint density at radius 1 is 1.16 bits per heavy atom.